The normalized spacial score (nSPS) is 11.4. The van der Waals surface area contributed by atoms with Crippen LogP contribution < -0.4 is 9.46 Å². The van der Waals surface area contributed by atoms with Crippen LogP contribution >= 0.6 is 0 Å². The summed E-state index contributed by atoms with van der Waals surface area (Å²) in [5.41, 5.74) is 0. The number of ether oxygens (including phenoxy) is 1. The van der Waals surface area contributed by atoms with Crippen LogP contribution in [0.2, 0.25) is 0 Å². The Morgan fingerprint density at radius 2 is 2.19 bits per heavy atom. The van der Waals surface area contributed by atoms with E-state index in [4.69, 9.17) is 4.74 Å². The fourth-order valence-electron chi connectivity index (χ4n) is 1.02. The van der Waals surface area contributed by atoms with Crippen LogP contribution in [0.15, 0.2) is 24.3 Å². The number of rotatable bonds is 6. The van der Waals surface area contributed by atoms with E-state index in [1.807, 2.05) is 0 Å². The van der Waals surface area contributed by atoms with Gasteiger partial charge in [0, 0.05) is 12.6 Å². The maximum atomic E-state index is 12.7. The third-order valence-corrected chi connectivity index (χ3v) is 3.27. The molecule has 0 bridgehead atoms. The van der Waals surface area contributed by atoms with Gasteiger partial charge in [0.25, 0.3) is 0 Å². The zero-order valence-electron chi connectivity index (χ0n) is 8.94. The Bertz CT molecular complexity index is 433. The van der Waals surface area contributed by atoms with Gasteiger partial charge in [-0.25, -0.2) is 17.5 Å². The van der Waals surface area contributed by atoms with Gasteiger partial charge in [-0.3, -0.25) is 0 Å². The summed E-state index contributed by atoms with van der Waals surface area (Å²) in [6.07, 6.45) is 0. The molecule has 0 spiro atoms. The van der Waals surface area contributed by atoms with Crippen molar-refractivity contribution in [2.45, 2.75) is 6.92 Å². The van der Waals surface area contributed by atoms with Crippen molar-refractivity contribution in [2.75, 3.05) is 18.9 Å². The lowest BCUT2D eigenvalue weighted by Crippen LogP contribution is -2.29. The van der Waals surface area contributed by atoms with E-state index in [1.165, 1.54) is 18.2 Å². The Kier molecular flexibility index (Phi) is 4.70. The zero-order chi connectivity index (χ0) is 12.0. The van der Waals surface area contributed by atoms with E-state index in [2.05, 4.69) is 4.72 Å². The van der Waals surface area contributed by atoms with Gasteiger partial charge in [-0.2, -0.15) is 0 Å². The molecule has 0 saturated carbocycles. The van der Waals surface area contributed by atoms with E-state index in [0.29, 0.717) is 5.75 Å². The number of hydrogen-bond acceptors (Lipinski definition) is 3. The molecule has 0 aliphatic heterocycles. The van der Waals surface area contributed by atoms with Gasteiger partial charge < -0.3 is 4.74 Å². The van der Waals surface area contributed by atoms with Crippen molar-refractivity contribution >= 4 is 10.0 Å². The van der Waals surface area contributed by atoms with Crippen LogP contribution in [0.5, 0.6) is 5.75 Å². The molecule has 0 radical (unpaired) electrons. The highest BCUT2D eigenvalue weighted by molar-refractivity contribution is 7.89. The van der Waals surface area contributed by atoms with Crippen LogP contribution in [-0.4, -0.2) is 27.3 Å². The fraction of sp³-hybridized carbons (Fsp3) is 0.400. The lowest BCUT2D eigenvalue weighted by Gasteiger charge is -2.07. The summed E-state index contributed by atoms with van der Waals surface area (Å²) in [6.45, 7) is 1.89. The summed E-state index contributed by atoms with van der Waals surface area (Å²) in [4.78, 5) is 0. The van der Waals surface area contributed by atoms with Crippen molar-refractivity contribution in [1.29, 1.82) is 0 Å². The average Bonchev–Trinajstić information content (AvgIpc) is 2.25. The summed E-state index contributed by atoms with van der Waals surface area (Å²) in [7, 11) is -3.19. The van der Waals surface area contributed by atoms with Gasteiger partial charge in [0.05, 0.1) is 5.75 Å². The molecule has 0 atom stereocenters. The second kappa shape index (κ2) is 5.81. The SMILES string of the molecule is CCS(=O)(=O)NCCOc1cccc(F)c1. The minimum atomic E-state index is -3.19. The predicted octanol–water partition coefficient (Wildman–Crippen LogP) is 1.14. The largest absolute Gasteiger partial charge is 0.492 e. The maximum Gasteiger partial charge on any atom is 0.211 e. The Morgan fingerprint density at radius 1 is 1.44 bits per heavy atom. The monoisotopic (exact) mass is 247 g/mol. The van der Waals surface area contributed by atoms with E-state index < -0.39 is 10.0 Å². The summed E-state index contributed by atoms with van der Waals surface area (Å²) in [5, 5.41) is 0. The predicted molar refractivity (Wildman–Crippen MR) is 59.4 cm³/mol. The minimum absolute atomic E-state index is 0.0347. The highest BCUT2D eigenvalue weighted by Gasteiger charge is 2.04. The summed E-state index contributed by atoms with van der Waals surface area (Å²) in [5.74, 6) is 0.0368. The Hall–Kier alpha value is -1.14. The molecule has 90 valence electrons. The maximum absolute atomic E-state index is 12.7. The number of halogens is 1. The van der Waals surface area contributed by atoms with Crippen molar-refractivity contribution in [3.63, 3.8) is 0 Å². The van der Waals surface area contributed by atoms with Gasteiger partial charge in [-0.1, -0.05) is 6.07 Å². The van der Waals surface area contributed by atoms with Crippen LogP contribution in [0.3, 0.4) is 0 Å². The van der Waals surface area contributed by atoms with Crippen LogP contribution in [-0.2, 0) is 10.0 Å². The highest BCUT2D eigenvalue weighted by Crippen LogP contribution is 2.11. The molecular weight excluding hydrogens is 233 g/mol. The standard InChI is InChI=1S/C10H14FNO3S/c1-2-16(13,14)12-6-7-15-10-5-3-4-9(11)8-10/h3-5,8,12H,2,6-7H2,1H3. The third kappa shape index (κ3) is 4.59. The molecule has 0 amide bonds. The first-order chi connectivity index (χ1) is 7.53. The molecule has 4 nitrogen and oxygen atoms in total. The van der Waals surface area contributed by atoms with E-state index in [0.717, 1.165) is 0 Å². The van der Waals surface area contributed by atoms with Crippen molar-refractivity contribution in [3.8, 4) is 5.75 Å². The van der Waals surface area contributed by atoms with Gasteiger partial charge in [-0.15, -0.1) is 0 Å². The average molecular weight is 247 g/mol. The van der Waals surface area contributed by atoms with Gasteiger partial charge in [-0.05, 0) is 19.1 Å². The van der Waals surface area contributed by atoms with Gasteiger partial charge in [0.2, 0.25) is 10.0 Å². The molecule has 16 heavy (non-hydrogen) atoms. The molecule has 0 aliphatic rings. The Balaban J connectivity index is 2.32. The Morgan fingerprint density at radius 3 is 2.81 bits per heavy atom. The first-order valence-electron chi connectivity index (χ1n) is 4.89. The summed E-state index contributed by atoms with van der Waals surface area (Å²) < 4.78 is 42.3. The highest BCUT2D eigenvalue weighted by atomic mass is 32.2. The smallest absolute Gasteiger partial charge is 0.211 e. The quantitative estimate of drug-likeness (QED) is 0.767. The minimum Gasteiger partial charge on any atom is -0.492 e. The number of benzene rings is 1. The lowest BCUT2D eigenvalue weighted by atomic mass is 10.3. The molecule has 0 unspecified atom stereocenters. The molecule has 1 aromatic carbocycles. The molecular formula is C10H14FNO3S. The van der Waals surface area contributed by atoms with Crippen LogP contribution in [0.4, 0.5) is 4.39 Å². The van der Waals surface area contributed by atoms with Crippen molar-refractivity contribution in [3.05, 3.63) is 30.1 Å². The van der Waals surface area contributed by atoms with Crippen LogP contribution in [0, 0.1) is 5.82 Å². The molecule has 0 aromatic heterocycles. The molecule has 6 heteroatoms. The molecule has 1 aromatic rings. The molecule has 0 heterocycles. The molecule has 1 rings (SSSR count). The number of hydrogen-bond donors (Lipinski definition) is 1. The first-order valence-corrected chi connectivity index (χ1v) is 6.54. The van der Waals surface area contributed by atoms with Gasteiger partial charge in [0.15, 0.2) is 0 Å². The van der Waals surface area contributed by atoms with Crippen LogP contribution in [0.25, 0.3) is 0 Å². The second-order valence-electron chi connectivity index (χ2n) is 3.10. The summed E-state index contributed by atoms with van der Waals surface area (Å²) in [6, 6.07) is 5.69. The van der Waals surface area contributed by atoms with Crippen molar-refractivity contribution in [1.82, 2.24) is 4.72 Å². The number of nitrogens with one attached hydrogen (secondary N) is 1. The summed E-state index contributed by atoms with van der Waals surface area (Å²) >= 11 is 0. The molecule has 1 N–H and O–H groups in total. The molecule has 0 saturated heterocycles. The van der Waals surface area contributed by atoms with Crippen LogP contribution in [0.1, 0.15) is 6.92 Å². The van der Waals surface area contributed by atoms with Gasteiger partial charge in [0.1, 0.15) is 18.2 Å². The third-order valence-electron chi connectivity index (χ3n) is 1.87. The topological polar surface area (TPSA) is 55.4 Å². The van der Waals surface area contributed by atoms with E-state index in [9.17, 15) is 12.8 Å². The Labute approximate surface area is 94.5 Å². The van der Waals surface area contributed by atoms with Crippen molar-refractivity contribution in [2.24, 2.45) is 0 Å². The first kappa shape index (κ1) is 12.9. The van der Waals surface area contributed by atoms with E-state index in [1.54, 1.807) is 13.0 Å². The molecule has 0 aliphatic carbocycles. The van der Waals surface area contributed by atoms with Gasteiger partial charge >= 0.3 is 0 Å². The second-order valence-corrected chi connectivity index (χ2v) is 5.20. The van der Waals surface area contributed by atoms with E-state index >= 15 is 0 Å². The zero-order valence-corrected chi connectivity index (χ0v) is 9.76. The molecule has 0 fully saturated rings. The number of sulfonamides is 1. The van der Waals surface area contributed by atoms with Crippen molar-refractivity contribution < 1.29 is 17.5 Å². The fourth-order valence-corrected chi connectivity index (χ4v) is 1.62. The van der Waals surface area contributed by atoms with E-state index in [-0.39, 0.29) is 24.7 Å². The lowest BCUT2D eigenvalue weighted by molar-refractivity contribution is 0.321.